The van der Waals surface area contributed by atoms with Crippen LogP contribution in [0.3, 0.4) is 0 Å². The van der Waals surface area contributed by atoms with Gasteiger partial charge in [0.25, 0.3) is 5.91 Å². The van der Waals surface area contributed by atoms with Gasteiger partial charge in [-0.15, -0.1) is 0 Å². The van der Waals surface area contributed by atoms with Gasteiger partial charge in [0.05, 0.1) is 6.61 Å². The fourth-order valence-electron chi connectivity index (χ4n) is 4.96. The molecule has 2 aromatic rings. The molecule has 1 aromatic carbocycles. The summed E-state index contributed by atoms with van der Waals surface area (Å²) in [6.45, 7) is 4.84. The third kappa shape index (κ3) is 4.38. The Morgan fingerprint density at radius 3 is 2.83 bits per heavy atom. The van der Waals surface area contributed by atoms with Crippen molar-refractivity contribution in [3.05, 3.63) is 35.0 Å². The van der Waals surface area contributed by atoms with Gasteiger partial charge in [-0.1, -0.05) is 12.8 Å². The summed E-state index contributed by atoms with van der Waals surface area (Å²) in [4.78, 5) is 32.4. The molecular weight excluding hydrogens is 378 g/mol. The van der Waals surface area contributed by atoms with Gasteiger partial charge < -0.3 is 14.6 Å². The van der Waals surface area contributed by atoms with E-state index in [1.165, 1.54) is 42.3 Å². The van der Waals surface area contributed by atoms with Crippen LogP contribution in [0, 0.1) is 0 Å². The van der Waals surface area contributed by atoms with E-state index in [1.54, 1.807) is 18.9 Å². The zero-order valence-corrected chi connectivity index (χ0v) is 18.2. The van der Waals surface area contributed by atoms with Gasteiger partial charge in [0.15, 0.2) is 0 Å². The van der Waals surface area contributed by atoms with Crippen LogP contribution in [0.1, 0.15) is 67.1 Å². The minimum Gasteiger partial charge on any atom is -0.466 e. The fraction of sp³-hybridized carbons (Fsp3) is 0.583. The van der Waals surface area contributed by atoms with Crippen molar-refractivity contribution in [2.45, 2.75) is 64.5 Å². The zero-order chi connectivity index (χ0) is 21.1. The maximum absolute atomic E-state index is 12.9. The highest BCUT2D eigenvalue weighted by Crippen LogP contribution is 2.33. The summed E-state index contributed by atoms with van der Waals surface area (Å²) in [6, 6.07) is 6.71. The first-order valence-corrected chi connectivity index (χ1v) is 11.4. The lowest BCUT2D eigenvalue weighted by Crippen LogP contribution is -2.37. The Morgan fingerprint density at radius 2 is 2.07 bits per heavy atom. The number of hydrogen-bond acceptors (Lipinski definition) is 4. The molecule has 0 saturated heterocycles. The van der Waals surface area contributed by atoms with Crippen LogP contribution in [-0.4, -0.2) is 59.4 Å². The van der Waals surface area contributed by atoms with E-state index >= 15 is 0 Å². The van der Waals surface area contributed by atoms with Crippen LogP contribution in [0.4, 0.5) is 0 Å². The molecule has 0 bridgehead atoms. The van der Waals surface area contributed by atoms with E-state index in [0.717, 1.165) is 31.1 Å². The maximum atomic E-state index is 12.9. The van der Waals surface area contributed by atoms with Crippen molar-refractivity contribution in [1.82, 2.24) is 14.8 Å². The Morgan fingerprint density at radius 1 is 1.27 bits per heavy atom. The number of esters is 1. The summed E-state index contributed by atoms with van der Waals surface area (Å²) < 4.78 is 4.96. The predicted octanol–water partition coefficient (Wildman–Crippen LogP) is 3.88. The first kappa shape index (κ1) is 20.9. The summed E-state index contributed by atoms with van der Waals surface area (Å²) in [7, 11) is 1.80. The fourth-order valence-corrected chi connectivity index (χ4v) is 4.96. The minimum atomic E-state index is -0.203. The second-order valence-electron chi connectivity index (χ2n) is 8.64. The minimum absolute atomic E-state index is 0.000771. The smallest absolute Gasteiger partial charge is 0.305 e. The monoisotopic (exact) mass is 411 g/mol. The predicted molar refractivity (Wildman–Crippen MR) is 117 cm³/mol. The molecular formula is C24H33N3O3. The lowest BCUT2D eigenvalue weighted by atomic mass is 10.0. The molecule has 1 N–H and O–H groups in total. The average molecular weight is 412 g/mol. The van der Waals surface area contributed by atoms with Crippen molar-refractivity contribution in [3.8, 4) is 0 Å². The molecule has 6 nitrogen and oxygen atoms in total. The quantitative estimate of drug-likeness (QED) is 0.702. The van der Waals surface area contributed by atoms with Crippen LogP contribution in [0.2, 0.25) is 0 Å². The highest BCUT2D eigenvalue weighted by atomic mass is 16.5. The number of benzene rings is 1. The van der Waals surface area contributed by atoms with Crippen LogP contribution in [0.5, 0.6) is 0 Å². The number of ether oxygens (including phenoxy) is 1. The van der Waals surface area contributed by atoms with Crippen LogP contribution in [0.25, 0.3) is 10.9 Å². The lowest BCUT2D eigenvalue weighted by molar-refractivity contribution is -0.143. The van der Waals surface area contributed by atoms with Gasteiger partial charge in [-0.3, -0.25) is 14.5 Å². The van der Waals surface area contributed by atoms with Gasteiger partial charge in [-0.2, -0.15) is 0 Å². The number of carbonyl (C=O) groups is 2. The Kier molecular flexibility index (Phi) is 6.42. The zero-order valence-electron chi connectivity index (χ0n) is 18.2. The summed E-state index contributed by atoms with van der Waals surface area (Å²) in [5, 5.41) is 1.18. The molecule has 30 heavy (non-hydrogen) atoms. The number of carbonyl (C=O) groups excluding carboxylic acids is 2. The van der Waals surface area contributed by atoms with Gasteiger partial charge >= 0.3 is 5.97 Å². The average Bonchev–Trinajstić information content (AvgIpc) is 3.40. The summed E-state index contributed by atoms with van der Waals surface area (Å²) in [5.41, 5.74) is 4.52. The molecule has 0 unspecified atom stereocenters. The van der Waals surface area contributed by atoms with Gasteiger partial charge in [-0.05, 0) is 49.9 Å². The molecule has 2 heterocycles. The number of hydrogen-bond donors (Lipinski definition) is 1. The Hall–Kier alpha value is -2.34. The van der Waals surface area contributed by atoms with E-state index in [1.807, 2.05) is 18.2 Å². The van der Waals surface area contributed by atoms with E-state index in [0.29, 0.717) is 31.6 Å². The normalized spacial score (nSPS) is 17.3. The number of fused-ring (bicyclic) bond motifs is 3. The van der Waals surface area contributed by atoms with Gasteiger partial charge in [0, 0.05) is 67.7 Å². The van der Waals surface area contributed by atoms with Crippen molar-refractivity contribution >= 4 is 22.8 Å². The van der Waals surface area contributed by atoms with Crippen molar-refractivity contribution in [2.75, 3.05) is 26.7 Å². The van der Waals surface area contributed by atoms with Crippen LogP contribution < -0.4 is 0 Å². The largest absolute Gasteiger partial charge is 0.466 e. The van der Waals surface area contributed by atoms with Gasteiger partial charge in [0.1, 0.15) is 0 Å². The number of aromatic amines is 1. The van der Waals surface area contributed by atoms with Crippen LogP contribution in [-0.2, 0) is 22.5 Å². The summed E-state index contributed by atoms with van der Waals surface area (Å²) >= 11 is 0. The molecule has 2 aliphatic rings. The first-order chi connectivity index (χ1) is 14.6. The summed E-state index contributed by atoms with van der Waals surface area (Å²) in [5.74, 6) is -0.204. The van der Waals surface area contributed by atoms with E-state index in [-0.39, 0.29) is 11.9 Å². The Balaban J connectivity index is 1.46. The van der Waals surface area contributed by atoms with E-state index in [4.69, 9.17) is 4.74 Å². The van der Waals surface area contributed by atoms with Crippen molar-refractivity contribution in [2.24, 2.45) is 0 Å². The second kappa shape index (κ2) is 9.21. The highest BCUT2D eigenvalue weighted by Gasteiger charge is 2.28. The SMILES string of the molecule is CCOC(=O)CCCN(C)C(=O)c1ccc2[nH]c3c(c2c1)CN(C1CCCC1)CC3. The van der Waals surface area contributed by atoms with Crippen molar-refractivity contribution in [1.29, 1.82) is 0 Å². The van der Waals surface area contributed by atoms with Gasteiger partial charge in [0.2, 0.25) is 0 Å². The number of aromatic nitrogens is 1. The third-order valence-electron chi connectivity index (χ3n) is 6.62. The third-order valence-corrected chi connectivity index (χ3v) is 6.62. The molecule has 1 fully saturated rings. The van der Waals surface area contributed by atoms with E-state index in [2.05, 4.69) is 9.88 Å². The lowest BCUT2D eigenvalue weighted by Gasteiger charge is -2.32. The Bertz CT molecular complexity index is 914. The topological polar surface area (TPSA) is 65.6 Å². The first-order valence-electron chi connectivity index (χ1n) is 11.4. The Labute approximate surface area is 178 Å². The van der Waals surface area contributed by atoms with Gasteiger partial charge in [-0.25, -0.2) is 0 Å². The molecule has 162 valence electrons. The molecule has 0 radical (unpaired) electrons. The molecule has 1 amide bonds. The molecule has 0 spiro atoms. The molecule has 6 heteroatoms. The van der Waals surface area contributed by atoms with Crippen LogP contribution in [0.15, 0.2) is 18.2 Å². The maximum Gasteiger partial charge on any atom is 0.305 e. The second-order valence-corrected chi connectivity index (χ2v) is 8.64. The van der Waals surface area contributed by atoms with E-state index in [9.17, 15) is 9.59 Å². The molecule has 1 aliphatic heterocycles. The number of rotatable bonds is 7. The summed E-state index contributed by atoms with van der Waals surface area (Å²) in [6.07, 6.45) is 7.34. The molecule has 0 atom stereocenters. The molecule has 1 aromatic heterocycles. The van der Waals surface area contributed by atoms with Crippen molar-refractivity contribution < 1.29 is 14.3 Å². The van der Waals surface area contributed by atoms with E-state index < -0.39 is 0 Å². The standard InChI is InChI=1S/C24H33N3O3/c1-3-30-23(28)9-6-13-26(2)24(29)17-10-11-21-19(15-17)20-16-27(14-12-22(20)25-21)18-7-4-5-8-18/h10-11,15,18,25H,3-9,12-14,16H2,1-2H3. The number of amides is 1. The number of H-pyrrole nitrogens is 1. The molecule has 1 aliphatic carbocycles. The number of nitrogens with zero attached hydrogens (tertiary/aromatic N) is 2. The molecule has 1 saturated carbocycles. The molecule has 4 rings (SSSR count). The van der Waals surface area contributed by atoms with Crippen LogP contribution >= 0.6 is 0 Å². The van der Waals surface area contributed by atoms with Crippen molar-refractivity contribution in [3.63, 3.8) is 0 Å². The highest BCUT2D eigenvalue weighted by molar-refractivity contribution is 5.99. The number of nitrogens with one attached hydrogen (secondary N) is 1.